The smallest absolute Gasteiger partial charge is 0.163 e. The highest BCUT2D eigenvalue weighted by Crippen LogP contribution is 2.53. The third kappa shape index (κ3) is 2.92. The van der Waals surface area contributed by atoms with Crippen LogP contribution < -0.4 is 4.74 Å². The van der Waals surface area contributed by atoms with Gasteiger partial charge in [0.2, 0.25) is 0 Å². The average Bonchev–Trinajstić information content (AvgIpc) is 2.67. The van der Waals surface area contributed by atoms with Gasteiger partial charge in [-0.3, -0.25) is 4.79 Å². The fourth-order valence-corrected chi connectivity index (χ4v) is 4.88. The molecule has 1 atom stereocenters. The second-order valence-electron chi connectivity index (χ2n) is 8.71. The van der Waals surface area contributed by atoms with Crippen LogP contribution in [0.2, 0.25) is 5.02 Å². The van der Waals surface area contributed by atoms with Crippen molar-refractivity contribution in [1.82, 2.24) is 0 Å². The zero-order chi connectivity index (χ0) is 20.3. The van der Waals surface area contributed by atoms with Gasteiger partial charge in [-0.15, -0.1) is 0 Å². The predicted molar refractivity (Wildman–Crippen MR) is 115 cm³/mol. The summed E-state index contributed by atoms with van der Waals surface area (Å²) in [5.41, 5.74) is 2.03. The van der Waals surface area contributed by atoms with Crippen LogP contribution in [-0.2, 0) is 4.79 Å². The van der Waals surface area contributed by atoms with Gasteiger partial charge in [-0.25, -0.2) is 0 Å². The van der Waals surface area contributed by atoms with E-state index in [0.29, 0.717) is 34.8 Å². The lowest BCUT2D eigenvalue weighted by Gasteiger charge is -2.39. The molecule has 0 saturated heterocycles. The number of ketones is 1. The number of phenolic OH excluding ortho intramolecular Hbond substituents is 1. The summed E-state index contributed by atoms with van der Waals surface area (Å²) >= 11 is 6.29. The molecule has 3 nitrogen and oxygen atoms in total. The molecule has 1 N–H and O–H groups in total. The van der Waals surface area contributed by atoms with Gasteiger partial charge < -0.3 is 9.84 Å². The third-order valence-electron chi connectivity index (χ3n) is 5.92. The molecule has 1 aliphatic heterocycles. The Morgan fingerprint density at radius 1 is 1.07 bits per heavy atom. The molecule has 5 rings (SSSR count). The number of aromatic hydroxyl groups is 1. The Labute approximate surface area is 174 Å². The summed E-state index contributed by atoms with van der Waals surface area (Å²) in [4.78, 5) is 13.3. The summed E-state index contributed by atoms with van der Waals surface area (Å²) in [5.74, 6) is 1.22. The molecular formula is C25H21ClO3. The van der Waals surface area contributed by atoms with Crippen molar-refractivity contribution in [2.24, 2.45) is 5.41 Å². The van der Waals surface area contributed by atoms with Crippen molar-refractivity contribution >= 4 is 28.2 Å². The standard InChI is InChI=1S/C25H21ClO3/c1-25(2)12-19(28)24-21(13-25)29-20-10-7-14-5-3-4-6-16(14)22(20)23(24)17-11-15(26)8-9-18(17)27/h3-11,23,27H,12-13H2,1-2H3. The molecule has 3 aromatic rings. The molecule has 0 radical (unpaired) electrons. The number of hydrogen-bond donors (Lipinski definition) is 1. The van der Waals surface area contributed by atoms with Gasteiger partial charge in [0, 0.05) is 40.5 Å². The molecule has 29 heavy (non-hydrogen) atoms. The second kappa shape index (κ2) is 6.36. The van der Waals surface area contributed by atoms with Gasteiger partial charge in [0.15, 0.2) is 5.78 Å². The highest BCUT2D eigenvalue weighted by molar-refractivity contribution is 6.30. The zero-order valence-electron chi connectivity index (χ0n) is 16.3. The SMILES string of the molecule is CC1(C)CC(=O)C2=C(C1)Oc1ccc3ccccc3c1C2c1cc(Cl)ccc1O. The minimum atomic E-state index is -0.415. The number of allylic oxidation sites excluding steroid dienone is 2. The zero-order valence-corrected chi connectivity index (χ0v) is 17.1. The second-order valence-corrected chi connectivity index (χ2v) is 9.15. The van der Waals surface area contributed by atoms with E-state index >= 15 is 0 Å². The lowest BCUT2D eigenvalue weighted by molar-refractivity contribution is -0.118. The number of phenols is 1. The van der Waals surface area contributed by atoms with Crippen molar-refractivity contribution in [3.8, 4) is 11.5 Å². The van der Waals surface area contributed by atoms with E-state index in [1.165, 1.54) is 0 Å². The van der Waals surface area contributed by atoms with Crippen molar-refractivity contribution in [2.45, 2.75) is 32.6 Å². The van der Waals surface area contributed by atoms with E-state index in [2.05, 4.69) is 13.8 Å². The fourth-order valence-electron chi connectivity index (χ4n) is 4.70. The van der Waals surface area contributed by atoms with Crippen LogP contribution in [0.4, 0.5) is 0 Å². The fraction of sp³-hybridized carbons (Fsp3) is 0.240. The lowest BCUT2D eigenvalue weighted by Crippen LogP contribution is -2.33. The predicted octanol–water partition coefficient (Wildman–Crippen LogP) is 6.37. The van der Waals surface area contributed by atoms with Gasteiger partial charge in [0.05, 0.1) is 0 Å². The Bertz CT molecular complexity index is 1210. The number of carbonyl (C=O) groups is 1. The first kappa shape index (κ1) is 18.3. The molecule has 3 aromatic carbocycles. The van der Waals surface area contributed by atoms with Crippen molar-refractivity contribution in [3.05, 3.63) is 82.1 Å². The Hall–Kier alpha value is -2.78. The van der Waals surface area contributed by atoms with Crippen LogP contribution in [0.25, 0.3) is 10.8 Å². The molecule has 1 aliphatic carbocycles. The number of rotatable bonds is 1. The molecule has 0 aromatic heterocycles. The van der Waals surface area contributed by atoms with Crippen LogP contribution in [-0.4, -0.2) is 10.9 Å². The van der Waals surface area contributed by atoms with Crippen molar-refractivity contribution in [2.75, 3.05) is 0 Å². The molecule has 0 bridgehead atoms. The van der Waals surface area contributed by atoms with Crippen LogP contribution in [0.5, 0.6) is 11.5 Å². The topological polar surface area (TPSA) is 46.5 Å². The number of Topliss-reactive ketones (excluding diaryl/α,β-unsaturated/α-hetero) is 1. The highest BCUT2D eigenvalue weighted by Gasteiger charge is 2.43. The Balaban J connectivity index is 1.85. The van der Waals surface area contributed by atoms with Gasteiger partial charge in [-0.05, 0) is 40.5 Å². The summed E-state index contributed by atoms with van der Waals surface area (Å²) in [6.07, 6.45) is 1.13. The summed E-state index contributed by atoms with van der Waals surface area (Å²) in [6, 6.07) is 17.1. The molecule has 0 fully saturated rings. The number of benzene rings is 3. The lowest BCUT2D eigenvalue weighted by atomic mass is 9.69. The summed E-state index contributed by atoms with van der Waals surface area (Å²) < 4.78 is 6.32. The van der Waals surface area contributed by atoms with E-state index in [0.717, 1.165) is 22.1 Å². The van der Waals surface area contributed by atoms with E-state index in [-0.39, 0.29) is 16.9 Å². The van der Waals surface area contributed by atoms with E-state index in [1.54, 1.807) is 18.2 Å². The minimum Gasteiger partial charge on any atom is -0.508 e. The molecule has 0 saturated carbocycles. The maximum Gasteiger partial charge on any atom is 0.163 e. The quantitative estimate of drug-likeness (QED) is 0.512. The first-order chi connectivity index (χ1) is 13.8. The van der Waals surface area contributed by atoms with Crippen molar-refractivity contribution < 1.29 is 14.6 Å². The largest absolute Gasteiger partial charge is 0.508 e. The Morgan fingerprint density at radius 3 is 2.69 bits per heavy atom. The molecule has 0 amide bonds. The van der Waals surface area contributed by atoms with Crippen molar-refractivity contribution in [3.63, 3.8) is 0 Å². The van der Waals surface area contributed by atoms with Crippen molar-refractivity contribution in [1.29, 1.82) is 0 Å². The number of hydrogen-bond acceptors (Lipinski definition) is 3. The van der Waals surface area contributed by atoms with E-state index < -0.39 is 5.92 Å². The molecular weight excluding hydrogens is 384 g/mol. The van der Waals surface area contributed by atoms with E-state index in [1.807, 2.05) is 36.4 Å². The molecule has 4 heteroatoms. The maximum absolute atomic E-state index is 13.3. The molecule has 1 heterocycles. The van der Waals surface area contributed by atoms with Gasteiger partial charge in [0.1, 0.15) is 17.3 Å². The Kier molecular flexibility index (Phi) is 4.01. The monoisotopic (exact) mass is 404 g/mol. The van der Waals surface area contributed by atoms with Crippen LogP contribution in [0.15, 0.2) is 65.9 Å². The van der Waals surface area contributed by atoms with Gasteiger partial charge >= 0.3 is 0 Å². The van der Waals surface area contributed by atoms with Crippen LogP contribution in [0, 0.1) is 5.41 Å². The summed E-state index contributed by atoms with van der Waals surface area (Å²) in [5, 5.41) is 13.3. The first-order valence-electron chi connectivity index (χ1n) is 9.78. The van der Waals surface area contributed by atoms with Crippen LogP contribution >= 0.6 is 11.6 Å². The third-order valence-corrected chi connectivity index (χ3v) is 6.16. The number of carbonyl (C=O) groups excluding carboxylic acids is 1. The molecule has 146 valence electrons. The summed E-state index contributed by atoms with van der Waals surface area (Å²) in [6.45, 7) is 4.17. The maximum atomic E-state index is 13.3. The Morgan fingerprint density at radius 2 is 1.86 bits per heavy atom. The molecule has 1 unspecified atom stereocenters. The van der Waals surface area contributed by atoms with Crippen LogP contribution in [0.3, 0.4) is 0 Å². The van der Waals surface area contributed by atoms with Crippen LogP contribution in [0.1, 0.15) is 43.7 Å². The number of halogens is 1. The molecule has 2 aliphatic rings. The number of fused-ring (bicyclic) bond motifs is 3. The van der Waals surface area contributed by atoms with Gasteiger partial charge in [0.25, 0.3) is 0 Å². The van der Waals surface area contributed by atoms with E-state index in [9.17, 15) is 9.90 Å². The minimum absolute atomic E-state index is 0.0687. The molecule has 0 spiro atoms. The number of ether oxygens (including phenoxy) is 1. The van der Waals surface area contributed by atoms with Gasteiger partial charge in [-0.1, -0.05) is 55.8 Å². The van der Waals surface area contributed by atoms with E-state index in [4.69, 9.17) is 16.3 Å². The van der Waals surface area contributed by atoms with Gasteiger partial charge in [-0.2, -0.15) is 0 Å². The first-order valence-corrected chi connectivity index (χ1v) is 10.2. The highest BCUT2D eigenvalue weighted by atomic mass is 35.5. The average molecular weight is 405 g/mol. The summed E-state index contributed by atoms with van der Waals surface area (Å²) in [7, 11) is 0. The normalized spacial score (nSPS) is 20.2.